The molecule has 0 radical (unpaired) electrons. The number of aromatic amines is 1. The van der Waals surface area contributed by atoms with Crippen molar-refractivity contribution >= 4 is 0 Å². The number of nitrogens with zero attached hydrogens (tertiary/aromatic N) is 4. The maximum absolute atomic E-state index is 11.6. The number of hydrogen-bond acceptors (Lipinski definition) is 5. The first kappa shape index (κ1) is 13.1. The number of nitrogens with one attached hydrogen (secondary N) is 1. The summed E-state index contributed by atoms with van der Waals surface area (Å²) >= 11 is 0. The SMILES string of the molecule is [N-]=[N+]=NCC1=C[C@@H](n2ccc(=O)[nH]c2=O)[C@H](O)[C@@H]1O. The molecule has 0 bridgehead atoms. The minimum Gasteiger partial charge on any atom is -0.388 e. The predicted molar refractivity (Wildman–Crippen MR) is 64.5 cm³/mol. The van der Waals surface area contributed by atoms with Crippen molar-refractivity contribution in [3.05, 3.63) is 55.2 Å². The van der Waals surface area contributed by atoms with Crippen LogP contribution in [0.25, 0.3) is 10.4 Å². The topological polar surface area (TPSA) is 144 Å². The average molecular weight is 265 g/mol. The number of azide groups is 1. The van der Waals surface area contributed by atoms with E-state index in [4.69, 9.17) is 5.53 Å². The first-order valence-corrected chi connectivity index (χ1v) is 5.43. The van der Waals surface area contributed by atoms with Gasteiger partial charge in [-0.2, -0.15) is 0 Å². The van der Waals surface area contributed by atoms with Crippen LogP contribution in [0.15, 0.2) is 38.6 Å². The molecule has 0 aromatic carbocycles. The molecule has 1 aromatic heterocycles. The molecule has 9 nitrogen and oxygen atoms in total. The summed E-state index contributed by atoms with van der Waals surface area (Å²) in [5.74, 6) is 0. The molecule has 1 aliphatic carbocycles. The molecule has 3 N–H and O–H groups in total. The highest BCUT2D eigenvalue weighted by molar-refractivity contribution is 5.24. The lowest BCUT2D eigenvalue weighted by atomic mass is 10.1. The third kappa shape index (κ3) is 2.43. The van der Waals surface area contributed by atoms with E-state index >= 15 is 0 Å². The van der Waals surface area contributed by atoms with Crippen molar-refractivity contribution in [2.24, 2.45) is 5.11 Å². The second kappa shape index (κ2) is 5.11. The number of aromatic nitrogens is 2. The number of hydrogen-bond donors (Lipinski definition) is 3. The van der Waals surface area contributed by atoms with Crippen LogP contribution < -0.4 is 11.2 Å². The maximum Gasteiger partial charge on any atom is 0.328 e. The molecule has 19 heavy (non-hydrogen) atoms. The zero-order valence-electron chi connectivity index (χ0n) is 9.67. The van der Waals surface area contributed by atoms with Crippen LogP contribution in [0.5, 0.6) is 0 Å². The maximum atomic E-state index is 11.6. The molecule has 0 saturated carbocycles. The van der Waals surface area contributed by atoms with Gasteiger partial charge in [-0.05, 0) is 11.1 Å². The molecule has 3 atom stereocenters. The van der Waals surface area contributed by atoms with E-state index in [2.05, 4.69) is 15.0 Å². The lowest BCUT2D eigenvalue weighted by molar-refractivity contribution is 0.0307. The van der Waals surface area contributed by atoms with Gasteiger partial charge in [0.25, 0.3) is 5.56 Å². The summed E-state index contributed by atoms with van der Waals surface area (Å²) in [5, 5.41) is 23.0. The Morgan fingerprint density at radius 3 is 2.84 bits per heavy atom. The van der Waals surface area contributed by atoms with E-state index in [-0.39, 0.29) is 6.54 Å². The molecule has 1 aromatic rings. The zero-order valence-corrected chi connectivity index (χ0v) is 9.67. The first-order chi connectivity index (χ1) is 9.04. The minimum atomic E-state index is -1.24. The molecular formula is C10H11N5O4. The smallest absolute Gasteiger partial charge is 0.328 e. The van der Waals surface area contributed by atoms with Gasteiger partial charge in [0.1, 0.15) is 12.2 Å². The highest BCUT2D eigenvalue weighted by atomic mass is 16.3. The average Bonchev–Trinajstić information content (AvgIpc) is 2.64. The summed E-state index contributed by atoms with van der Waals surface area (Å²) in [7, 11) is 0. The predicted octanol–water partition coefficient (Wildman–Crippen LogP) is -0.950. The Hall–Kier alpha value is -2.35. The van der Waals surface area contributed by atoms with E-state index in [1.54, 1.807) is 0 Å². The van der Waals surface area contributed by atoms with Gasteiger partial charge in [0.2, 0.25) is 0 Å². The van der Waals surface area contributed by atoms with Gasteiger partial charge in [-0.25, -0.2) is 4.79 Å². The Labute approximate surface area is 106 Å². The minimum absolute atomic E-state index is 0.0939. The number of aliphatic hydroxyl groups excluding tert-OH is 2. The van der Waals surface area contributed by atoms with Crippen molar-refractivity contribution < 1.29 is 10.2 Å². The van der Waals surface area contributed by atoms with Gasteiger partial charge in [0, 0.05) is 23.7 Å². The fourth-order valence-corrected chi connectivity index (χ4v) is 1.99. The van der Waals surface area contributed by atoms with E-state index in [1.165, 1.54) is 12.3 Å². The third-order valence-electron chi connectivity index (χ3n) is 2.93. The summed E-state index contributed by atoms with van der Waals surface area (Å²) < 4.78 is 1.10. The summed E-state index contributed by atoms with van der Waals surface area (Å²) in [4.78, 5) is 27.2. The lowest BCUT2D eigenvalue weighted by Gasteiger charge is -2.18. The molecule has 9 heteroatoms. The Morgan fingerprint density at radius 1 is 1.47 bits per heavy atom. The van der Waals surface area contributed by atoms with E-state index in [0.29, 0.717) is 5.57 Å². The molecule has 0 unspecified atom stereocenters. The van der Waals surface area contributed by atoms with Crippen LogP contribution in [0.4, 0.5) is 0 Å². The second-order valence-corrected chi connectivity index (χ2v) is 4.07. The van der Waals surface area contributed by atoms with Crippen molar-refractivity contribution in [3.63, 3.8) is 0 Å². The van der Waals surface area contributed by atoms with E-state index in [1.807, 2.05) is 0 Å². The highest BCUT2D eigenvalue weighted by Gasteiger charge is 2.35. The fraction of sp³-hybridized carbons (Fsp3) is 0.400. The monoisotopic (exact) mass is 265 g/mol. The van der Waals surface area contributed by atoms with Crippen molar-refractivity contribution in [1.29, 1.82) is 0 Å². The molecule has 1 heterocycles. The molecule has 100 valence electrons. The summed E-state index contributed by atoms with van der Waals surface area (Å²) in [5.41, 5.74) is 7.32. The van der Waals surface area contributed by atoms with Crippen molar-refractivity contribution in [3.8, 4) is 0 Å². The lowest BCUT2D eigenvalue weighted by Crippen LogP contribution is -2.37. The second-order valence-electron chi connectivity index (χ2n) is 4.07. The van der Waals surface area contributed by atoms with Crippen molar-refractivity contribution in [2.45, 2.75) is 18.2 Å². The largest absolute Gasteiger partial charge is 0.388 e. The Morgan fingerprint density at radius 2 is 2.21 bits per heavy atom. The Kier molecular flexibility index (Phi) is 3.52. The molecule has 0 aliphatic heterocycles. The number of H-pyrrole nitrogens is 1. The van der Waals surface area contributed by atoms with Gasteiger partial charge in [0.15, 0.2) is 0 Å². The van der Waals surface area contributed by atoms with Gasteiger partial charge >= 0.3 is 5.69 Å². The van der Waals surface area contributed by atoms with Crippen LogP contribution in [0, 0.1) is 0 Å². The molecule has 0 amide bonds. The molecule has 0 spiro atoms. The van der Waals surface area contributed by atoms with Crippen molar-refractivity contribution in [2.75, 3.05) is 6.54 Å². The van der Waals surface area contributed by atoms with E-state index in [9.17, 15) is 19.8 Å². The van der Waals surface area contributed by atoms with Gasteiger partial charge in [0.05, 0.1) is 6.04 Å². The normalized spacial score (nSPS) is 25.8. The Bertz CT molecular complexity index is 669. The summed E-state index contributed by atoms with van der Waals surface area (Å²) in [6.45, 7) is -0.0939. The standard InChI is InChI=1S/C10H11N5O4/c11-14-12-4-5-3-6(9(18)8(5)17)15-2-1-7(16)13-10(15)19/h1-3,6,8-9,17-18H,4H2,(H,13,16,19)/t6-,8-,9+/m1/s1. The van der Waals surface area contributed by atoms with Crippen LogP contribution in [0.1, 0.15) is 6.04 Å². The van der Waals surface area contributed by atoms with Gasteiger partial charge < -0.3 is 10.2 Å². The third-order valence-corrected chi connectivity index (χ3v) is 2.93. The van der Waals surface area contributed by atoms with Crippen LogP contribution in [-0.4, -0.2) is 38.5 Å². The molecule has 2 rings (SSSR count). The molecule has 0 fully saturated rings. The van der Waals surface area contributed by atoms with Crippen LogP contribution in [0.3, 0.4) is 0 Å². The zero-order chi connectivity index (χ0) is 14.0. The molecule has 0 saturated heterocycles. The van der Waals surface area contributed by atoms with Crippen LogP contribution >= 0.6 is 0 Å². The highest BCUT2D eigenvalue weighted by Crippen LogP contribution is 2.28. The van der Waals surface area contributed by atoms with E-state index < -0.39 is 29.5 Å². The van der Waals surface area contributed by atoms with Gasteiger partial charge in [-0.15, -0.1) is 0 Å². The molecule has 1 aliphatic rings. The van der Waals surface area contributed by atoms with Gasteiger partial charge in [-0.1, -0.05) is 11.2 Å². The van der Waals surface area contributed by atoms with Gasteiger partial charge in [-0.3, -0.25) is 14.3 Å². The quantitative estimate of drug-likeness (QED) is 0.280. The van der Waals surface area contributed by atoms with Crippen molar-refractivity contribution in [1.82, 2.24) is 9.55 Å². The first-order valence-electron chi connectivity index (χ1n) is 5.43. The summed E-state index contributed by atoms with van der Waals surface area (Å²) in [6.07, 6.45) is 0.222. The van der Waals surface area contributed by atoms with Crippen LogP contribution in [-0.2, 0) is 0 Å². The number of aliphatic hydroxyl groups is 2. The van der Waals surface area contributed by atoms with E-state index in [0.717, 1.165) is 10.6 Å². The Balaban J connectivity index is 2.39. The fourth-order valence-electron chi connectivity index (χ4n) is 1.99. The number of rotatable bonds is 3. The van der Waals surface area contributed by atoms with Crippen LogP contribution in [0.2, 0.25) is 0 Å². The summed E-state index contributed by atoms with van der Waals surface area (Å²) in [6, 6.07) is 0.322. The molecular weight excluding hydrogens is 254 g/mol.